The fraction of sp³-hybridized carbons (Fsp3) is 0.0909. The zero-order chi connectivity index (χ0) is 22.4. The molecule has 1 aromatic heterocycles. The van der Waals surface area contributed by atoms with Crippen LogP contribution in [0.3, 0.4) is 0 Å². The van der Waals surface area contributed by atoms with Crippen molar-refractivity contribution in [3.05, 3.63) is 81.5 Å². The third-order valence-corrected chi connectivity index (χ3v) is 5.26. The standard InChI is InChI=1S/C22H18N2O6S/c1-29-21(27)13-3-7-15(8-4-13)23-19(25)17-11-12-18(31-17)20(26)24-16-9-5-14(6-10-16)22(28)30-2/h3-12H,1-2H3,(H,23,25)(H,24,26). The average molecular weight is 438 g/mol. The van der Waals surface area contributed by atoms with Crippen molar-refractivity contribution in [2.75, 3.05) is 24.9 Å². The summed E-state index contributed by atoms with van der Waals surface area (Å²) in [6.07, 6.45) is 0. The van der Waals surface area contributed by atoms with Gasteiger partial charge in [-0.05, 0) is 60.7 Å². The SMILES string of the molecule is COC(=O)c1ccc(NC(=O)c2ccc(C(=O)Nc3ccc(C(=O)OC)cc3)s2)cc1. The first kappa shape index (κ1) is 21.7. The number of thiophene rings is 1. The zero-order valence-corrected chi connectivity index (χ0v) is 17.4. The maximum absolute atomic E-state index is 12.4. The van der Waals surface area contributed by atoms with Gasteiger partial charge in [-0.3, -0.25) is 9.59 Å². The third-order valence-electron chi connectivity index (χ3n) is 4.18. The van der Waals surface area contributed by atoms with Gasteiger partial charge in [-0.2, -0.15) is 0 Å². The Morgan fingerprint density at radius 2 is 0.968 bits per heavy atom. The van der Waals surface area contributed by atoms with Crippen LogP contribution >= 0.6 is 11.3 Å². The van der Waals surface area contributed by atoms with Crippen molar-refractivity contribution >= 4 is 46.5 Å². The highest BCUT2D eigenvalue weighted by molar-refractivity contribution is 7.16. The summed E-state index contributed by atoms with van der Waals surface area (Å²) in [5, 5.41) is 5.42. The molecule has 0 radical (unpaired) electrons. The minimum absolute atomic E-state index is 0.350. The Labute approximate surface area is 181 Å². The van der Waals surface area contributed by atoms with Crippen molar-refractivity contribution < 1.29 is 28.7 Å². The minimum Gasteiger partial charge on any atom is -0.465 e. The Kier molecular flexibility index (Phi) is 6.78. The molecule has 0 saturated heterocycles. The Morgan fingerprint density at radius 1 is 0.613 bits per heavy atom. The second kappa shape index (κ2) is 9.68. The van der Waals surface area contributed by atoms with Crippen LogP contribution in [0.4, 0.5) is 11.4 Å². The molecular weight excluding hydrogens is 420 g/mol. The summed E-state index contributed by atoms with van der Waals surface area (Å²) < 4.78 is 9.27. The van der Waals surface area contributed by atoms with Crippen LogP contribution in [-0.2, 0) is 9.47 Å². The molecule has 0 aliphatic carbocycles. The molecule has 8 nitrogen and oxygen atoms in total. The summed E-state index contributed by atoms with van der Waals surface area (Å²) >= 11 is 1.04. The third kappa shape index (κ3) is 5.34. The van der Waals surface area contributed by atoms with Crippen LogP contribution in [0.2, 0.25) is 0 Å². The molecule has 2 aromatic carbocycles. The molecule has 0 saturated carbocycles. The van der Waals surface area contributed by atoms with E-state index >= 15 is 0 Å². The molecular formula is C22H18N2O6S. The topological polar surface area (TPSA) is 111 Å². The zero-order valence-electron chi connectivity index (χ0n) is 16.6. The van der Waals surface area contributed by atoms with Crippen molar-refractivity contribution in [1.82, 2.24) is 0 Å². The van der Waals surface area contributed by atoms with Gasteiger partial charge in [-0.25, -0.2) is 9.59 Å². The first-order valence-electron chi connectivity index (χ1n) is 9.00. The van der Waals surface area contributed by atoms with Crippen LogP contribution < -0.4 is 10.6 Å². The lowest BCUT2D eigenvalue weighted by Gasteiger charge is -2.05. The second-order valence-electron chi connectivity index (χ2n) is 6.21. The van der Waals surface area contributed by atoms with E-state index in [1.807, 2.05) is 0 Å². The first-order chi connectivity index (χ1) is 14.9. The lowest BCUT2D eigenvalue weighted by molar-refractivity contribution is 0.0592. The van der Waals surface area contributed by atoms with Gasteiger partial charge in [0.25, 0.3) is 11.8 Å². The highest BCUT2D eigenvalue weighted by atomic mass is 32.1. The number of hydrogen-bond donors (Lipinski definition) is 2. The largest absolute Gasteiger partial charge is 0.465 e. The molecule has 0 bridgehead atoms. The Balaban J connectivity index is 1.62. The number of ether oxygens (including phenoxy) is 2. The number of amides is 2. The molecule has 0 spiro atoms. The van der Waals surface area contributed by atoms with Gasteiger partial charge in [0.2, 0.25) is 0 Å². The highest BCUT2D eigenvalue weighted by Gasteiger charge is 2.15. The molecule has 158 valence electrons. The molecule has 3 aromatic rings. The van der Waals surface area contributed by atoms with Gasteiger partial charge in [0.15, 0.2) is 0 Å². The normalized spacial score (nSPS) is 10.1. The predicted molar refractivity (Wildman–Crippen MR) is 116 cm³/mol. The summed E-state index contributed by atoms with van der Waals surface area (Å²) in [5.74, 6) is -1.69. The van der Waals surface area contributed by atoms with E-state index < -0.39 is 11.9 Å². The molecule has 31 heavy (non-hydrogen) atoms. The number of rotatable bonds is 6. The average Bonchev–Trinajstić information content (AvgIpc) is 3.30. The quantitative estimate of drug-likeness (QED) is 0.566. The molecule has 2 N–H and O–H groups in total. The molecule has 0 unspecified atom stereocenters. The molecule has 1 heterocycles. The predicted octanol–water partition coefficient (Wildman–Crippen LogP) is 3.83. The number of esters is 2. The van der Waals surface area contributed by atoms with Crippen LogP contribution in [0.1, 0.15) is 40.1 Å². The van der Waals surface area contributed by atoms with Gasteiger partial charge < -0.3 is 20.1 Å². The number of carbonyl (C=O) groups excluding carboxylic acids is 4. The van der Waals surface area contributed by atoms with Crippen molar-refractivity contribution in [3.63, 3.8) is 0 Å². The number of anilines is 2. The number of hydrogen-bond acceptors (Lipinski definition) is 7. The van der Waals surface area contributed by atoms with Crippen LogP contribution in [0.25, 0.3) is 0 Å². The van der Waals surface area contributed by atoms with Crippen molar-refractivity contribution in [2.24, 2.45) is 0 Å². The van der Waals surface area contributed by atoms with Crippen molar-refractivity contribution in [1.29, 1.82) is 0 Å². The van der Waals surface area contributed by atoms with Crippen molar-refractivity contribution in [3.8, 4) is 0 Å². The van der Waals surface area contributed by atoms with Gasteiger partial charge in [0, 0.05) is 11.4 Å². The van der Waals surface area contributed by atoms with Gasteiger partial charge in [-0.1, -0.05) is 0 Å². The summed E-state index contributed by atoms with van der Waals surface area (Å²) in [4.78, 5) is 48.5. The molecule has 0 aliphatic rings. The van der Waals surface area contributed by atoms with E-state index in [0.717, 1.165) is 11.3 Å². The fourth-order valence-corrected chi connectivity index (χ4v) is 3.38. The summed E-state index contributed by atoms with van der Waals surface area (Å²) in [6.45, 7) is 0. The first-order valence-corrected chi connectivity index (χ1v) is 9.82. The van der Waals surface area contributed by atoms with E-state index in [1.165, 1.54) is 14.2 Å². The smallest absolute Gasteiger partial charge is 0.337 e. The molecule has 0 aliphatic heterocycles. The molecule has 2 amide bonds. The minimum atomic E-state index is -0.466. The maximum atomic E-state index is 12.4. The van der Waals surface area contributed by atoms with Crippen LogP contribution in [0.5, 0.6) is 0 Å². The summed E-state index contributed by atoms with van der Waals surface area (Å²) in [6, 6.07) is 15.6. The molecule has 0 fully saturated rings. The molecule has 0 atom stereocenters. The Bertz CT molecular complexity index is 1030. The van der Waals surface area contributed by atoms with Crippen LogP contribution in [0.15, 0.2) is 60.7 Å². The maximum Gasteiger partial charge on any atom is 0.337 e. The summed E-state index contributed by atoms with van der Waals surface area (Å²) in [5.41, 5.74) is 1.75. The number of benzene rings is 2. The van der Waals surface area contributed by atoms with Crippen molar-refractivity contribution in [2.45, 2.75) is 0 Å². The van der Waals surface area contributed by atoms with Crippen LogP contribution in [-0.4, -0.2) is 38.0 Å². The lowest BCUT2D eigenvalue weighted by Crippen LogP contribution is -2.11. The van der Waals surface area contributed by atoms with E-state index in [9.17, 15) is 19.2 Å². The Morgan fingerprint density at radius 3 is 1.29 bits per heavy atom. The van der Waals surface area contributed by atoms with Crippen LogP contribution in [0, 0.1) is 0 Å². The van der Waals surface area contributed by atoms with Gasteiger partial charge >= 0.3 is 11.9 Å². The lowest BCUT2D eigenvalue weighted by atomic mass is 10.2. The Hall–Kier alpha value is -3.98. The fourth-order valence-electron chi connectivity index (χ4n) is 2.58. The second-order valence-corrected chi connectivity index (χ2v) is 7.29. The summed E-state index contributed by atoms with van der Waals surface area (Å²) in [7, 11) is 2.58. The van der Waals surface area contributed by atoms with E-state index in [0.29, 0.717) is 32.3 Å². The number of nitrogens with one attached hydrogen (secondary N) is 2. The van der Waals surface area contributed by atoms with Gasteiger partial charge in [-0.15, -0.1) is 11.3 Å². The van der Waals surface area contributed by atoms with E-state index in [1.54, 1.807) is 60.7 Å². The van der Waals surface area contributed by atoms with E-state index in [4.69, 9.17) is 0 Å². The van der Waals surface area contributed by atoms with Gasteiger partial charge in [0.1, 0.15) is 0 Å². The monoisotopic (exact) mass is 438 g/mol. The number of methoxy groups -OCH3 is 2. The molecule has 3 rings (SSSR count). The van der Waals surface area contributed by atoms with Gasteiger partial charge in [0.05, 0.1) is 35.1 Å². The highest BCUT2D eigenvalue weighted by Crippen LogP contribution is 2.21. The molecule has 9 heteroatoms. The van der Waals surface area contributed by atoms with E-state index in [2.05, 4.69) is 20.1 Å². The van der Waals surface area contributed by atoms with E-state index in [-0.39, 0.29) is 11.8 Å². The number of carbonyl (C=O) groups is 4.